The molecule has 0 fully saturated rings. The average molecular weight is 621 g/mol. The number of aromatic nitrogens is 1. The van der Waals surface area contributed by atoms with Gasteiger partial charge in [-0.1, -0.05) is 132 Å². The Morgan fingerprint density at radius 2 is 1.53 bits per heavy atom. The summed E-state index contributed by atoms with van der Waals surface area (Å²) in [4.78, 5) is 22.5. The van der Waals surface area contributed by atoms with E-state index in [-0.39, 0.29) is 11.6 Å². The summed E-state index contributed by atoms with van der Waals surface area (Å²) in [6, 6.07) is 36.2. The molecule has 0 aliphatic carbocycles. The molecule has 4 aromatic carbocycles. The minimum atomic E-state index is -0.284. The second kappa shape index (κ2) is 11.9. The Labute approximate surface area is 263 Å². The molecular formula is C36H27Cl2N3OS. The van der Waals surface area contributed by atoms with Crippen LogP contribution >= 0.6 is 34.5 Å². The van der Waals surface area contributed by atoms with Gasteiger partial charge in [-0.25, -0.2) is 4.99 Å². The summed E-state index contributed by atoms with van der Waals surface area (Å²) in [5.74, 6) is 0. The van der Waals surface area contributed by atoms with Crippen molar-refractivity contribution in [3.05, 3.63) is 178 Å². The molecule has 1 unspecified atom stereocenters. The summed E-state index contributed by atoms with van der Waals surface area (Å²) >= 11 is 14.0. The zero-order chi connectivity index (χ0) is 29.3. The van der Waals surface area contributed by atoms with Crippen molar-refractivity contribution in [2.24, 2.45) is 4.99 Å². The van der Waals surface area contributed by atoms with E-state index in [4.69, 9.17) is 28.2 Å². The van der Waals surface area contributed by atoms with E-state index in [0.29, 0.717) is 25.9 Å². The van der Waals surface area contributed by atoms with Crippen LogP contribution < -0.4 is 14.9 Å². The first-order valence-corrected chi connectivity index (χ1v) is 15.7. The number of halogens is 2. The monoisotopic (exact) mass is 619 g/mol. The van der Waals surface area contributed by atoms with Crippen molar-refractivity contribution < 1.29 is 0 Å². The Kier molecular flexibility index (Phi) is 7.72. The molecule has 0 radical (unpaired) electrons. The van der Waals surface area contributed by atoms with Gasteiger partial charge in [0, 0.05) is 29.7 Å². The zero-order valence-electron chi connectivity index (χ0n) is 23.2. The SMILES string of the molecule is O=c1/c(=C/c2ccc(Cl)cc2Cl)sc2n1C(c1ccccc1)C1=C(N=2)/C(=C\c2ccccc2)CN(Cc2ccccc2)C1. The Hall–Kier alpha value is -4.00. The molecule has 212 valence electrons. The summed E-state index contributed by atoms with van der Waals surface area (Å²) in [5.41, 5.74) is 7.33. The second-order valence-corrected chi connectivity index (χ2v) is 12.6. The van der Waals surface area contributed by atoms with Crippen LogP contribution in [0.2, 0.25) is 10.0 Å². The minimum absolute atomic E-state index is 0.0797. The Balaban J connectivity index is 1.43. The van der Waals surface area contributed by atoms with Crippen molar-refractivity contribution in [1.29, 1.82) is 0 Å². The maximum atomic E-state index is 14.2. The molecule has 7 heteroatoms. The quantitative estimate of drug-likeness (QED) is 0.210. The van der Waals surface area contributed by atoms with Crippen molar-refractivity contribution in [3.8, 4) is 0 Å². The summed E-state index contributed by atoms with van der Waals surface area (Å²) in [6.45, 7) is 2.25. The molecule has 43 heavy (non-hydrogen) atoms. The van der Waals surface area contributed by atoms with Gasteiger partial charge >= 0.3 is 0 Å². The van der Waals surface area contributed by atoms with Crippen LogP contribution in [0.25, 0.3) is 12.2 Å². The predicted octanol–water partition coefficient (Wildman–Crippen LogP) is 7.12. The Morgan fingerprint density at radius 1 is 0.837 bits per heavy atom. The molecule has 2 aliphatic rings. The van der Waals surface area contributed by atoms with Crippen LogP contribution in [0.5, 0.6) is 0 Å². The number of hydrogen-bond donors (Lipinski definition) is 0. The van der Waals surface area contributed by atoms with Gasteiger partial charge in [0.15, 0.2) is 4.80 Å². The maximum Gasteiger partial charge on any atom is 0.271 e. The van der Waals surface area contributed by atoms with Gasteiger partial charge in [-0.05, 0) is 57.7 Å². The highest BCUT2D eigenvalue weighted by atomic mass is 35.5. The van der Waals surface area contributed by atoms with Crippen molar-refractivity contribution in [2.75, 3.05) is 13.1 Å². The largest absolute Gasteiger partial charge is 0.291 e. The Bertz CT molecular complexity index is 2050. The average Bonchev–Trinajstić information content (AvgIpc) is 3.33. The zero-order valence-corrected chi connectivity index (χ0v) is 25.5. The first kappa shape index (κ1) is 27.8. The first-order chi connectivity index (χ1) is 21.0. The van der Waals surface area contributed by atoms with Gasteiger partial charge in [-0.3, -0.25) is 14.3 Å². The fraction of sp³-hybridized carbons (Fsp3) is 0.111. The van der Waals surface area contributed by atoms with Crippen LogP contribution in [0.3, 0.4) is 0 Å². The number of hydrogen-bond acceptors (Lipinski definition) is 4. The molecule has 0 spiro atoms. The third-order valence-corrected chi connectivity index (χ3v) is 9.33. The molecule has 0 saturated heterocycles. The fourth-order valence-electron chi connectivity index (χ4n) is 5.86. The van der Waals surface area contributed by atoms with Crippen LogP contribution in [-0.4, -0.2) is 22.6 Å². The lowest BCUT2D eigenvalue weighted by Crippen LogP contribution is -2.43. The van der Waals surface area contributed by atoms with Crippen molar-refractivity contribution in [1.82, 2.24) is 9.47 Å². The van der Waals surface area contributed by atoms with Crippen molar-refractivity contribution >= 4 is 46.7 Å². The molecule has 0 N–H and O–H groups in total. The summed E-state index contributed by atoms with van der Waals surface area (Å²) in [6.07, 6.45) is 4.08. The van der Waals surface area contributed by atoms with E-state index in [2.05, 4.69) is 71.6 Å². The van der Waals surface area contributed by atoms with Gasteiger partial charge in [0.25, 0.3) is 5.56 Å². The molecule has 1 atom stereocenters. The van der Waals surface area contributed by atoms with E-state index in [1.807, 2.05) is 47.0 Å². The van der Waals surface area contributed by atoms with Gasteiger partial charge in [-0.15, -0.1) is 0 Å². The molecule has 1 aromatic heterocycles. The van der Waals surface area contributed by atoms with Gasteiger partial charge in [-0.2, -0.15) is 0 Å². The molecule has 4 nitrogen and oxygen atoms in total. The molecular weight excluding hydrogens is 593 g/mol. The lowest BCUT2D eigenvalue weighted by atomic mass is 9.89. The van der Waals surface area contributed by atoms with Crippen molar-refractivity contribution in [2.45, 2.75) is 12.6 Å². The van der Waals surface area contributed by atoms with Crippen LogP contribution in [-0.2, 0) is 6.54 Å². The number of rotatable bonds is 5. The summed E-state index contributed by atoms with van der Waals surface area (Å²) < 4.78 is 2.44. The van der Waals surface area contributed by atoms with Gasteiger partial charge < -0.3 is 0 Å². The van der Waals surface area contributed by atoms with Gasteiger partial charge in [0.2, 0.25) is 0 Å². The van der Waals surface area contributed by atoms with Crippen LogP contribution in [0.1, 0.15) is 28.3 Å². The predicted molar refractivity (Wildman–Crippen MR) is 177 cm³/mol. The summed E-state index contributed by atoms with van der Waals surface area (Å²) in [7, 11) is 0. The highest BCUT2D eigenvalue weighted by Crippen LogP contribution is 2.37. The third-order valence-electron chi connectivity index (χ3n) is 7.78. The lowest BCUT2D eigenvalue weighted by Gasteiger charge is -2.37. The number of fused-ring (bicyclic) bond motifs is 1. The van der Waals surface area contributed by atoms with E-state index >= 15 is 0 Å². The first-order valence-electron chi connectivity index (χ1n) is 14.1. The van der Waals surface area contributed by atoms with Gasteiger partial charge in [0.05, 0.1) is 16.3 Å². The minimum Gasteiger partial charge on any atom is -0.291 e. The van der Waals surface area contributed by atoms with Crippen molar-refractivity contribution in [3.63, 3.8) is 0 Å². The lowest BCUT2D eigenvalue weighted by molar-refractivity contribution is 0.291. The van der Waals surface area contributed by atoms with E-state index in [9.17, 15) is 4.79 Å². The van der Waals surface area contributed by atoms with Crippen LogP contribution in [0.4, 0.5) is 0 Å². The highest BCUT2D eigenvalue weighted by Gasteiger charge is 2.34. The second-order valence-electron chi connectivity index (χ2n) is 10.7. The molecule has 5 aromatic rings. The van der Waals surface area contributed by atoms with E-state index in [1.165, 1.54) is 16.9 Å². The fourth-order valence-corrected chi connectivity index (χ4v) is 7.32. The van der Waals surface area contributed by atoms with E-state index < -0.39 is 0 Å². The topological polar surface area (TPSA) is 37.6 Å². The molecule has 2 aliphatic heterocycles. The summed E-state index contributed by atoms with van der Waals surface area (Å²) in [5, 5.41) is 1.06. The van der Waals surface area contributed by atoms with E-state index in [1.54, 1.807) is 12.1 Å². The normalized spacial score (nSPS) is 18.0. The van der Waals surface area contributed by atoms with E-state index in [0.717, 1.165) is 46.6 Å². The maximum absolute atomic E-state index is 14.2. The molecule has 0 bridgehead atoms. The number of nitrogens with zero attached hydrogens (tertiary/aromatic N) is 3. The number of thiazole rings is 1. The molecule has 0 amide bonds. The number of benzene rings is 4. The molecule has 3 heterocycles. The van der Waals surface area contributed by atoms with Crippen LogP contribution in [0.15, 0.2) is 136 Å². The van der Waals surface area contributed by atoms with Crippen LogP contribution in [0, 0.1) is 0 Å². The third kappa shape index (κ3) is 5.69. The molecule has 0 saturated carbocycles. The highest BCUT2D eigenvalue weighted by molar-refractivity contribution is 7.07. The molecule has 7 rings (SSSR count). The smallest absolute Gasteiger partial charge is 0.271 e. The Morgan fingerprint density at radius 3 is 2.26 bits per heavy atom. The van der Waals surface area contributed by atoms with Gasteiger partial charge in [0.1, 0.15) is 0 Å². The standard InChI is InChI=1S/C36H27Cl2N3OS/c37-29-17-16-27(31(38)20-29)19-32-35(42)41-34(26-14-8-3-9-15-26)30-23-40(21-25-12-6-2-7-13-25)22-28(33(30)39-36(41)43-32)18-24-10-4-1-5-11-24/h1-20,34H,21-23H2/b28-18-,32-19-.